The molecule has 26 heavy (non-hydrogen) atoms. The molecule has 1 fully saturated rings. The van der Waals surface area contributed by atoms with Crippen molar-refractivity contribution in [2.24, 2.45) is 17.6 Å². The number of piperidine rings is 1. The third-order valence-electron chi connectivity index (χ3n) is 4.78. The highest BCUT2D eigenvalue weighted by Gasteiger charge is 2.32. The Morgan fingerprint density at radius 3 is 2.19 bits per heavy atom. The first-order valence-corrected chi connectivity index (χ1v) is 8.86. The van der Waals surface area contributed by atoms with Gasteiger partial charge in [-0.25, -0.2) is 0 Å². The standard InChI is InChI=1S/C19H27N3O4/c1-12(2)16(19(25)22-10-8-13(9-11-22)17(20)23)21-18(24)14-4-6-15(26-3)7-5-14/h4-7,12-13,16H,8-11H2,1-3H3,(H2,20,23)(H,21,24)/t16-/m0/s1. The van der Waals surface area contributed by atoms with Gasteiger partial charge in [-0.3, -0.25) is 14.4 Å². The molecule has 1 aliphatic heterocycles. The summed E-state index contributed by atoms with van der Waals surface area (Å²) < 4.78 is 5.09. The Morgan fingerprint density at radius 1 is 1.15 bits per heavy atom. The lowest BCUT2D eigenvalue weighted by Crippen LogP contribution is -2.53. The van der Waals surface area contributed by atoms with E-state index in [1.807, 2.05) is 13.8 Å². The van der Waals surface area contributed by atoms with Crippen molar-refractivity contribution in [2.75, 3.05) is 20.2 Å². The van der Waals surface area contributed by atoms with Crippen LogP contribution >= 0.6 is 0 Å². The van der Waals surface area contributed by atoms with Crippen LogP contribution in [0.4, 0.5) is 0 Å². The Bertz CT molecular complexity index is 649. The number of nitrogens with zero attached hydrogens (tertiary/aromatic N) is 1. The lowest BCUT2D eigenvalue weighted by Gasteiger charge is -2.34. The number of rotatable bonds is 6. The minimum atomic E-state index is -0.616. The Kier molecular flexibility index (Phi) is 6.60. The number of carbonyl (C=O) groups excluding carboxylic acids is 3. The van der Waals surface area contributed by atoms with E-state index in [4.69, 9.17) is 10.5 Å². The molecule has 1 atom stereocenters. The molecule has 0 saturated carbocycles. The van der Waals surface area contributed by atoms with E-state index in [0.717, 1.165) is 0 Å². The summed E-state index contributed by atoms with van der Waals surface area (Å²) in [5, 5.41) is 2.84. The molecule has 0 aliphatic carbocycles. The first-order chi connectivity index (χ1) is 12.3. The minimum Gasteiger partial charge on any atom is -0.497 e. The van der Waals surface area contributed by atoms with Crippen LogP contribution in [0, 0.1) is 11.8 Å². The summed E-state index contributed by atoms with van der Waals surface area (Å²) in [7, 11) is 1.56. The molecule has 1 aromatic carbocycles. The van der Waals surface area contributed by atoms with Crippen LogP contribution in [0.3, 0.4) is 0 Å². The molecule has 0 aromatic heterocycles. The molecule has 7 heteroatoms. The summed E-state index contributed by atoms with van der Waals surface area (Å²) in [6, 6.07) is 6.11. The van der Waals surface area contributed by atoms with Gasteiger partial charge in [0, 0.05) is 24.6 Å². The fourth-order valence-corrected chi connectivity index (χ4v) is 3.06. The molecule has 0 radical (unpaired) electrons. The van der Waals surface area contributed by atoms with Gasteiger partial charge in [0.05, 0.1) is 7.11 Å². The van der Waals surface area contributed by atoms with E-state index in [0.29, 0.717) is 37.2 Å². The van der Waals surface area contributed by atoms with Crippen molar-refractivity contribution < 1.29 is 19.1 Å². The van der Waals surface area contributed by atoms with E-state index < -0.39 is 6.04 Å². The summed E-state index contributed by atoms with van der Waals surface area (Å²) in [6.07, 6.45) is 1.14. The molecule has 1 aliphatic rings. The summed E-state index contributed by atoms with van der Waals surface area (Å²) in [6.45, 7) is 4.75. The van der Waals surface area contributed by atoms with Gasteiger partial charge >= 0.3 is 0 Å². The smallest absolute Gasteiger partial charge is 0.251 e. The van der Waals surface area contributed by atoms with E-state index in [1.54, 1.807) is 36.3 Å². The monoisotopic (exact) mass is 361 g/mol. The average molecular weight is 361 g/mol. The predicted octanol–water partition coefficient (Wildman–Crippen LogP) is 1.17. The molecule has 3 amide bonds. The molecule has 1 saturated heterocycles. The van der Waals surface area contributed by atoms with Gasteiger partial charge in [0.25, 0.3) is 5.91 Å². The van der Waals surface area contributed by atoms with Crippen molar-refractivity contribution in [1.29, 1.82) is 0 Å². The van der Waals surface area contributed by atoms with Crippen molar-refractivity contribution in [3.05, 3.63) is 29.8 Å². The van der Waals surface area contributed by atoms with E-state index >= 15 is 0 Å². The average Bonchev–Trinajstić information content (AvgIpc) is 2.65. The van der Waals surface area contributed by atoms with Crippen LogP contribution in [0.25, 0.3) is 0 Å². The van der Waals surface area contributed by atoms with Gasteiger partial charge in [-0.05, 0) is 43.0 Å². The van der Waals surface area contributed by atoms with E-state index in [9.17, 15) is 14.4 Å². The van der Waals surface area contributed by atoms with Crippen LogP contribution in [-0.4, -0.2) is 48.9 Å². The van der Waals surface area contributed by atoms with Crippen LogP contribution in [-0.2, 0) is 9.59 Å². The Labute approximate surface area is 153 Å². The number of hydrogen-bond acceptors (Lipinski definition) is 4. The quantitative estimate of drug-likeness (QED) is 0.794. The molecule has 142 valence electrons. The van der Waals surface area contributed by atoms with Gasteiger partial charge in [0.1, 0.15) is 11.8 Å². The lowest BCUT2D eigenvalue weighted by atomic mass is 9.94. The molecule has 7 nitrogen and oxygen atoms in total. The number of primary amides is 1. The first-order valence-electron chi connectivity index (χ1n) is 8.86. The summed E-state index contributed by atoms with van der Waals surface area (Å²) in [5.74, 6) is -0.304. The van der Waals surface area contributed by atoms with E-state index in [-0.39, 0.29) is 29.6 Å². The van der Waals surface area contributed by atoms with Crippen molar-refractivity contribution in [3.8, 4) is 5.75 Å². The van der Waals surface area contributed by atoms with Gasteiger partial charge in [0.15, 0.2) is 0 Å². The zero-order valence-electron chi connectivity index (χ0n) is 15.5. The lowest BCUT2D eigenvalue weighted by molar-refractivity contribution is -0.137. The highest BCUT2D eigenvalue weighted by Crippen LogP contribution is 2.19. The topological polar surface area (TPSA) is 102 Å². The number of methoxy groups -OCH3 is 1. The molecule has 0 spiro atoms. The normalized spacial score (nSPS) is 16.2. The minimum absolute atomic E-state index is 0.0569. The van der Waals surface area contributed by atoms with Gasteiger partial charge in [0.2, 0.25) is 11.8 Å². The fourth-order valence-electron chi connectivity index (χ4n) is 3.06. The second-order valence-electron chi connectivity index (χ2n) is 6.93. The fraction of sp³-hybridized carbons (Fsp3) is 0.526. The zero-order valence-corrected chi connectivity index (χ0v) is 15.5. The zero-order chi connectivity index (χ0) is 19.3. The Hall–Kier alpha value is -2.57. The number of likely N-dealkylation sites (tertiary alicyclic amines) is 1. The highest BCUT2D eigenvalue weighted by molar-refractivity contribution is 5.97. The van der Waals surface area contributed by atoms with Gasteiger partial charge in [-0.1, -0.05) is 13.8 Å². The first kappa shape index (κ1) is 19.8. The number of nitrogens with two attached hydrogens (primary N) is 1. The second kappa shape index (κ2) is 8.69. The molecule has 0 unspecified atom stereocenters. The van der Waals surface area contributed by atoms with Crippen LogP contribution < -0.4 is 15.8 Å². The number of hydrogen-bond donors (Lipinski definition) is 2. The van der Waals surface area contributed by atoms with Crippen molar-refractivity contribution >= 4 is 17.7 Å². The predicted molar refractivity (Wildman–Crippen MR) is 97.6 cm³/mol. The van der Waals surface area contributed by atoms with Gasteiger partial charge in [-0.2, -0.15) is 0 Å². The second-order valence-corrected chi connectivity index (χ2v) is 6.93. The van der Waals surface area contributed by atoms with E-state index in [2.05, 4.69) is 5.32 Å². The Balaban J connectivity index is 2.02. The number of amides is 3. The largest absolute Gasteiger partial charge is 0.497 e. The van der Waals surface area contributed by atoms with Crippen molar-refractivity contribution in [3.63, 3.8) is 0 Å². The SMILES string of the molecule is COc1ccc(C(=O)N[C@H](C(=O)N2CCC(C(N)=O)CC2)C(C)C)cc1. The van der Waals surface area contributed by atoms with Crippen LogP contribution in [0.15, 0.2) is 24.3 Å². The van der Waals surface area contributed by atoms with Crippen LogP contribution in [0.5, 0.6) is 5.75 Å². The van der Waals surface area contributed by atoms with Gasteiger partial charge in [-0.15, -0.1) is 0 Å². The maximum atomic E-state index is 12.9. The van der Waals surface area contributed by atoms with Gasteiger partial charge < -0.3 is 20.7 Å². The van der Waals surface area contributed by atoms with Crippen LogP contribution in [0.1, 0.15) is 37.0 Å². The van der Waals surface area contributed by atoms with E-state index in [1.165, 1.54) is 0 Å². The van der Waals surface area contributed by atoms with Crippen molar-refractivity contribution in [1.82, 2.24) is 10.2 Å². The van der Waals surface area contributed by atoms with Crippen LogP contribution in [0.2, 0.25) is 0 Å². The molecule has 1 heterocycles. The highest BCUT2D eigenvalue weighted by atomic mass is 16.5. The summed E-state index contributed by atoms with van der Waals surface area (Å²) >= 11 is 0. The maximum Gasteiger partial charge on any atom is 0.251 e. The third kappa shape index (κ3) is 4.74. The third-order valence-corrected chi connectivity index (χ3v) is 4.78. The number of nitrogens with one attached hydrogen (secondary N) is 1. The number of carbonyl (C=O) groups is 3. The number of benzene rings is 1. The Morgan fingerprint density at radius 2 is 1.73 bits per heavy atom. The molecular formula is C19H27N3O4. The maximum absolute atomic E-state index is 12.9. The molecule has 0 bridgehead atoms. The molecule has 2 rings (SSSR count). The molecule has 3 N–H and O–H groups in total. The van der Waals surface area contributed by atoms with Crippen molar-refractivity contribution in [2.45, 2.75) is 32.7 Å². The molecular weight excluding hydrogens is 334 g/mol. The number of ether oxygens (including phenoxy) is 1. The summed E-state index contributed by atoms with van der Waals surface area (Å²) in [4.78, 5) is 38.3. The molecule has 1 aromatic rings. The summed E-state index contributed by atoms with van der Waals surface area (Å²) in [5.41, 5.74) is 5.81.